The Kier molecular flexibility index (Phi) is 4.99. The van der Waals surface area contributed by atoms with Crippen molar-refractivity contribution in [1.82, 2.24) is 0 Å². The van der Waals surface area contributed by atoms with Gasteiger partial charge in [-0.3, -0.25) is 4.79 Å². The number of sulfone groups is 1. The summed E-state index contributed by atoms with van der Waals surface area (Å²) < 4.78 is 24.2. The third-order valence-corrected chi connectivity index (χ3v) is 7.95. The molecule has 0 radical (unpaired) electrons. The minimum absolute atomic E-state index is 0.0729. The van der Waals surface area contributed by atoms with E-state index in [0.717, 1.165) is 5.69 Å². The fourth-order valence-corrected chi connectivity index (χ4v) is 7.05. The second-order valence-corrected chi connectivity index (χ2v) is 11.7. The van der Waals surface area contributed by atoms with E-state index < -0.39 is 15.3 Å². The number of benzene rings is 1. The van der Waals surface area contributed by atoms with Crippen molar-refractivity contribution in [3.05, 3.63) is 29.8 Å². The molecule has 0 aromatic heterocycles. The van der Waals surface area contributed by atoms with Gasteiger partial charge in [0, 0.05) is 16.4 Å². The summed E-state index contributed by atoms with van der Waals surface area (Å²) in [6.07, 6.45) is 0. The van der Waals surface area contributed by atoms with Crippen LogP contribution < -0.4 is 4.90 Å². The summed E-state index contributed by atoms with van der Waals surface area (Å²) in [5, 5.41) is 0.545. The number of amidine groups is 1. The van der Waals surface area contributed by atoms with Crippen molar-refractivity contribution in [2.75, 3.05) is 16.4 Å². The molecule has 2 aliphatic heterocycles. The zero-order chi connectivity index (χ0) is 19.3. The van der Waals surface area contributed by atoms with E-state index in [1.165, 1.54) is 17.3 Å². The summed E-state index contributed by atoms with van der Waals surface area (Å²) >= 11 is 1.42. The lowest BCUT2D eigenvalue weighted by molar-refractivity contribution is -0.124. The van der Waals surface area contributed by atoms with Gasteiger partial charge in [-0.25, -0.2) is 8.42 Å². The molecule has 142 valence electrons. The number of carbonyl (C=O) groups is 1. The van der Waals surface area contributed by atoms with Gasteiger partial charge in [0.1, 0.15) is 0 Å². The summed E-state index contributed by atoms with van der Waals surface area (Å²) in [7, 11) is -3.05. The Morgan fingerprint density at radius 1 is 1.19 bits per heavy atom. The first-order chi connectivity index (χ1) is 12.0. The molecular weight excluding hydrogens is 368 g/mol. The van der Waals surface area contributed by atoms with Crippen molar-refractivity contribution in [3.63, 3.8) is 0 Å². The maximum Gasteiger partial charge on any atom is 0.253 e. The Morgan fingerprint density at radius 3 is 2.35 bits per heavy atom. The summed E-state index contributed by atoms with van der Waals surface area (Å²) in [5.41, 5.74) is 1.55. The number of nitrogens with zero attached hydrogens (tertiary/aromatic N) is 2. The van der Waals surface area contributed by atoms with E-state index in [2.05, 4.69) is 31.0 Å². The average molecular weight is 395 g/mol. The van der Waals surface area contributed by atoms with Gasteiger partial charge in [0.05, 0.1) is 17.5 Å². The number of aliphatic imine (C=N–C) groups is 1. The minimum atomic E-state index is -3.05. The highest BCUT2D eigenvalue weighted by Crippen LogP contribution is 2.41. The van der Waals surface area contributed by atoms with Crippen LogP contribution >= 0.6 is 11.8 Å². The topological polar surface area (TPSA) is 66.8 Å². The van der Waals surface area contributed by atoms with Gasteiger partial charge < -0.3 is 4.90 Å². The Balaban J connectivity index is 2.00. The van der Waals surface area contributed by atoms with Crippen LogP contribution in [0, 0.1) is 5.41 Å². The molecule has 2 unspecified atom stereocenters. The molecule has 1 aromatic carbocycles. The van der Waals surface area contributed by atoms with E-state index in [0.29, 0.717) is 11.1 Å². The molecule has 1 amide bonds. The van der Waals surface area contributed by atoms with Crippen LogP contribution in [-0.2, 0) is 14.6 Å². The molecule has 2 fully saturated rings. The lowest BCUT2D eigenvalue weighted by Gasteiger charge is -2.25. The second-order valence-electron chi connectivity index (χ2n) is 8.37. The molecule has 1 aromatic rings. The van der Waals surface area contributed by atoms with Crippen LogP contribution in [-0.4, -0.2) is 42.3 Å². The minimum Gasteiger partial charge on any atom is -0.316 e. The first-order valence-electron chi connectivity index (χ1n) is 8.87. The molecular formula is C19H26N2O3S2. The van der Waals surface area contributed by atoms with Crippen LogP contribution in [0.3, 0.4) is 0 Å². The van der Waals surface area contributed by atoms with Crippen LogP contribution in [0.25, 0.3) is 0 Å². The molecule has 0 spiro atoms. The van der Waals surface area contributed by atoms with Gasteiger partial charge in [-0.2, -0.15) is 4.99 Å². The highest BCUT2D eigenvalue weighted by molar-refractivity contribution is 8.16. The van der Waals surface area contributed by atoms with Crippen molar-refractivity contribution in [1.29, 1.82) is 0 Å². The molecule has 2 atom stereocenters. The second kappa shape index (κ2) is 6.68. The fraction of sp³-hybridized carbons (Fsp3) is 0.579. The Morgan fingerprint density at radius 2 is 1.81 bits per heavy atom. The number of anilines is 1. The molecule has 0 aliphatic carbocycles. The first kappa shape index (κ1) is 19.4. The van der Waals surface area contributed by atoms with Gasteiger partial charge in [0.15, 0.2) is 15.0 Å². The summed E-state index contributed by atoms with van der Waals surface area (Å²) in [6.45, 7) is 9.79. The molecule has 3 rings (SSSR count). The Bertz CT molecular complexity index is 837. The van der Waals surface area contributed by atoms with Crippen molar-refractivity contribution in [3.8, 4) is 0 Å². The van der Waals surface area contributed by atoms with E-state index in [-0.39, 0.29) is 28.7 Å². The number of hydrogen-bond donors (Lipinski definition) is 0. The van der Waals surface area contributed by atoms with Crippen LogP contribution in [0.5, 0.6) is 0 Å². The number of hydrogen-bond acceptors (Lipinski definition) is 4. The maximum atomic E-state index is 12.4. The summed E-state index contributed by atoms with van der Waals surface area (Å²) in [6, 6.07) is 7.96. The molecule has 2 saturated heterocycles. The molecule has 2 heterocycles. The van der Waals surface area contributed by atoms with Gasteiger partial charge in [0.2, 0.25) is 0 Å². The molecule has 5 nitrogen and oxygen atoms in total. The largest absolute Gasteiger partial charge is 0.316 e. The van der Waals surface area contributed by atoms with Crippen LogP contribution in [0.15, 0.2) is 29.3 Å². The van der Waals surface area contributed by atoms with E-state index in [4.69, 9.17) is 0 Å². The molecule has 0 bridgehead atoms. The predicted octanol–water partition coefficient (Wildman–Crippen LogP) is 3.46. The van der Waals surface area contributed by atoms with Gasteiger partial charge >= 0.3 is 0 Å². The number of carbonyl (C=O) groups excluding carboxylic acids is 1. The van der Waals surface area contributed by atoms with Crippen LogP contribution in [0.1, 0.15) is 46.1 Å². The number of thioether (sulfide) groups is 1. The molecule has 0 saturated carbocycles. The van der Waals surface area contributed by atoms with Crippen molar-refractivity contribution < 1.29 is 13.2 Å². The zero-order valence-electron chi connectivity index (χ0n) is 15.9. The van der Waals surface area contributed by atoms with Crippen LogP contribution in [0.4, 0.5) is 5.69 Å². The SMILES string of the molecule is CC(C)c1ccc(N2C(=NC(=O)C(C)(C)C)SC3CS(=O)(=O)CC32)cc1. The normalized spacial score (nSPS) is 26.5. The van der Waals surface area contributed by atoms with Crippen molar-refractivity contribution in [2.24, 2.45) is 10.4 Å². The van der Waals surface area contributed by atoms with E-state index in [9.17, 15) is 13.2 Å². The lowest BCUT2D eigenvalue weighted by atomic mass is 9.96. The molecule has 2 aliphatic rings. The molecule has 26 heavy (non-hydrogen) atoms. The van der Waals surface area contributed by atoms with Gasteiger partial charge in [-0.15, -0.1) is 0 Å². The first-order valence-corrected chi connectivity index (χ1v) is 11.6. The number of fused-ring (bicyclic) bond motifs is 1. The lowest BCUT2D eigenvalue weighted by Crippen LogP contribution is -2.38. The van der Waals surface area contributed by atoms with E-state index >= 15 is 0 Å². The smallest absolute Gasteiger partial charge is 0.253 e. The summed E-state index contributed by atoms with van der Waals surface area (Å²) in [4.78, 5) is 18.8. The molecule has 0 N–H and O–H groups in total. The predicted molar refractivity (Wildman–Crippen MR) is 109 cm³/mol. The van der Waals surface area contributed by atoms with E-state index in [1.807, 2.05) is 37.8 Å². The highest BCUT2D eigenvalue weighted by atomic mass is 32.2. The fourth-order valence-electron chi connectivity index (χ4n) is 3.14. The van der Waals surface area contributed by atoms with Crippen molar-refractivity contribution in [2.45, 2.75) is 51.8 Å². The van der Waals surface area contributed by atoms with E-state index in [1.54, 1.807) is 0 Å². The number of amides is 1. The third kappa shape index (κ3) is 3.83. The Labute approximate surface area is 160 Å². The van der Waals surface area contributed by atoms with Gasteiger partial charge in [-0.05, 0) is 23.6 Å². The Hall–Kier alpha value is -1.34. The maximum absolute atomic E-state index is 12.4. The standard InChI is InChI=1S/C19H26N2O3S2/c1-12(2)13-6-8-14(9-7-13)21-15-10-26(23,24)11-16(15)25-18(21)20-17(22)19(3,4)5/h6-9,12,15-16H,10-11H2,1-5H3. The quantitative estimate of drug-likeness (QED) is 0.768. The third-order valence-electron chi connectivity index (χ3n) is 4.74. The summed E-state index contributed by atoms with van der Waals surface area (Å²) in [5.74, 6) is 0.490. The molecule has 7 heteroatoms. The monoisotopic (exact) mass is 394 g/mol. The average Bonchev–Trinajstić information content (AvgIpc) is 2.97. The zero-order valence-corrected chi connectivity index (χ0v) is 17.5. The van der Waals surface area contributed by atoms with Crippen molar-refractivity contribution >= 4 is 38.4 Å². The highest BCUT2D eigenvalue weighted by Gasteiger charge is 2.49. The number of rotatable bonds is 2. The van der Waals surface area contributed by atoms with Gasteiger partial charge in [-0.1, -0.05) is 58.5 Å². The van der Waals surface area contributed by atoms with Crippen LogP contribution in [0.2, 0.25) is 0 Å². The van der Waals surface area contributed by atoms with Gasteiger partial charge in [0.25, 0.3) is 5.91 Å².